The number of ether oxygens (including phenoxy) is 1. The van der Waals surface area contributed by atoms with Gasteiger partial charge in [-0.1, -0.05) is 23.2 Å². The summed E-state index contributed by atoms with van der Waals surface area (Å²) < 4.78 is 18.2. The zero-order chi connectivity index (χ0) is 11.6. The van der Waals surface area contributed by atoms with Gasteiger partial charge in [0.1, 0.15) is 16.2 Å². The molecule has 2 unspecified atom stereocenters. The molecular weight excluding hydrogens is 263 g/mol. The first-order valence-electron chi connectivity index (χ1n) is 3.98. The van der Waals surface area contributed by atoms with Crippen molar-refractivity contribution in [1.29, 1.82) is 5.26 Å². The van der Waals surface area contributed by atoms with Crippen molar-refractivity contribution in [2.75, 3.05) is 7.11 Å². The van der Waals surface area contributed by atoms with E-state index >= 15 is 0 Å². The molecule has 6 heteroatoms. The van der Waals surface area contributed by atoms with Gasteiger partial charge in [0, 0.05) is 7.11 Å². The molecule has 1 rings (SSSR count). The van der Waals surface area contributed by atoms with Crippen LogP contribution in [-0.2, 0) is 4.74 Å². The van der Waals surface area contributed by atoms with Crippen molar-refractivity contribution in [3.05, 3.63) is 22.5 Å². The summed E-state index contributed by atoms with van der Waals surface area (Å²) in [6, 6.07) is 1.87. The zero-order valence-corrected chi connectivity index (χ0v) is 10.00. The molecule has 0 heterocycles. The smallest absolute Gasteiger partial charge is 0.200 e. The molecule has 15 heavy (non-hydrogen) atoms. The Bertz CT molecular complexity index is 374. The van der Waals surface area contributed by atoms with Gasteiger partial charge in [-0.3, -0.25) is 0 Å². The van der Waals surface area contributed by atoms with Gasteiger partial charge >= 0.3 is 0 Å². The molecule has 0 aromatic carbocycles. The Morgan fingerprint density at radius 3 is 2.80 bits per heavy atom. The fourth-order valence-electron chi connectivity index (χ4n) is 1.24. The Hall–Kier alpha value is -0.270. The number of methoxy groups -OCH3 is 1. The molecule has 0 amide bonds. The predicted molar refractivity (Wildman–Crippen MR) is 57.5 cm³/mol. The minimum absolute atomic E-state index is 0.0242. The van der Waals surface area contributed by atoms with Crippen LogP contribution in [0.2, 0.25) is 0 Å². The minimum Gasteiger partial charge on any atom is -0.356 e. The van der Waals surface area contributed by atoms with E-state index in [1.54, 1.807) is 0 Å². The topological polar surface area (TPSA) is 33.0 Å². The molecule has 0 fully saturated rings. The SMILES string of the molecule is COC1(Cl)C(Cl)=C(F)C=C(CC#N)C1Cl. The van der Waals surface area contributed by atoms with Gasteiger partial charge < -0.3 is 4.74 Å². The van der Waals surface area contributed by atoms with Crippen molar-refractivity contribution < 1.29 is 9.13 Å². The fraction of sp³-hybridized carbons (Fsp3) is 0.444. The van der Waals surface area contributed by atoms with E-state index in [0.29, 0.717) is 5.57 Å². The Morgan fingerprint density at radius 2 is 2.33 bits per heavy atom. The number of halogens is 4. The first-order valence-corrected chi connectivity index (χ1v) is 5.18. The average Bonchev–Trinajstić information content (AvgIpc) is 2.23. The lowest BCUT2D eigenvalue weighted by atomic mass is 9.98. The van der Waals surface area contributed by atoms with Gasteiger partial charge in [0.05, 0.1) is 12.5 Å². The molecule has 0 aromatic heterocycles. The van der Waals surface area contributed by atoms with Crippen LogP contribution in [0.25, 0.3) is 0 Å². The van der Waals surface area contributed by atoms with E-state index < -0.39 is 16.3 Å². The summed E-state index contributed by atoms with van der Waals surface area (Å²) in [5, 5.41) is 5.73. The summed E-state index contributed by atoms with van der Waals surface area (Å²) in [7, 11) is 1.27. The third kappa shape index (κ3) is 2.14. The van der Waals surface area contributed by atoms with Gasteiger partial charge in [0.2, 0.25) is 0 Å². The number of allylic oxidation sites excluding steroid dienone is 2. The van der Waals surface area contributed by atoms with Crippen molar-refractivity contribution >= 4 is 34.8 Å². The molecule has 0 aromatic rings. The lowest BCUT2D eigenvalue weighted by molar-refractivity contribution is 0.0997. The van der Waals surface area contributed by atoms with Crippen LogP contribution < -0.4 is 0 Å². The molecule has 0 N–H and O–H groups in total. The highest BCUT2D eigenvalue weighted by Crippen LogP contribution is 2.45. The van der Waals surface area contributed by atoms with Crippen LogP contribution in [0, 0.1) is 11.3 Å². The Kier molecular flexibility index (Phi) is 4.02. The van der Waals surface area contributed by atoms with Gasteiger partial charge in [-0.2, -0.15) is 5.26 Å². The molecular formula is C9H7Cl3FNO. The minimum atomic E-state index is -1.63. The van der Waals surface area contributed by atoms with Crippen LogP contribution in [0.15, 0.2) is 22.5 Å². The second-order valence-corrected chi connectivity index (χ2v) is 4.30. The van der Waals surface area contributed by atoms with E-state index in [2.05, 4.69) is 0 Å². The summed E-state index contributed by atoms with van der Waals surface area (Å²) in [4.78, 5) is 0. The Labute approximate surface area is 102 Å². The lowest BCUT2D eigenvalue weighted by Crippen LogP contribution is -2.39. The van der Waals surface area contributed by atoms with Crippen molar-refractivity contribution in [3.63, 3.8) is 0 Å². The van der Waals surface area contributed by atoms with Crippen molar-refractivity contribution in [2.45, 2.75) is 16.9 Å². The van der Waals surface area contributed by atoms with E-state index in [1.807, 2.05) is 6.07 Å². The molecule has 0 aliphatic heterocycles. The largest absolute Gasteiger partial charge is 0.356 e. The third-order valence-corrected chi connectivity index (χ3v) is 3.87. The molecule has 2 nitrogen and oxygen atoms in total. The average molecular weight is 271 g/mol. The zero-order valence-electron chi connectivity index (χ0n) is 7.73. The van der Waals surface area contributed by atoms with Crippen LogP contribution in [0.5, 0.6) is 0 Å². The summed E-state index contributed by atoms with van der Waals surface area (Å²) in [6.07, 6.45) is 1.09. The molecule has 0 bridgehead atoms. The summed E-state index contributed by atoms with van der Waals surface area (Å²) in [5.74, 6) is -0.726. The predicted octanol–water partition coefficient (Wildman–Crippen LogP) is 3.45. The second kappa shape index (κ2) is 4.71. The molecule has 1 aliphatic carbocycles. The van der Waals surface area contributed by atoms with E-state index in [4.69, 9.17) is 44.8 Å². The summed E-state index contributed by atoms with van der Waals surface area (Å²) >= 11 is 17.6. The number of nitrogens with zero attached hydrogens (tertiary/aromatic N) is 1. The highest BCUT2D eigenvalue weighted by Gasteiger charge is 2.45. The quantitative estimate of drug-likeness (QED) is 0.720. The third-order valence-electron chi connectivity index (χ3n) is 2.05. The maximum Gasteiger partial charge on any atom is 0.200 e. The standard InChI is InChI=1S/C9H7Cl3FNO/c1-15-9(12)7(10)5(2-3-14)4-6(13)8(9)11/h4,7H,2H2,1H3. The molecule has 2 atom stereocenters. The molecule has 1 aliphatic rings. The van der Waals surface area contributed by atoms with E-state index in [-0.39, 0.29) is 11.5 Å². The van der Waals surface area contributed by atoms with E-state index in [9.17, 15) is 4.39 Å². The van der Waals surface area contributed by atoms with Crippen LogP contribution in [0.3, 0.4) is 0 Å². The maximum atomic E-state index is 13.3. The van der Waals surface area contributed by atoms with Crippen LogP contribution in [0.4, 0.5) is 4.39 Å². The normalized spacial score (nSPS) is 31.2. The molecule has 0 saturated carbocycles. The first kappa shape index (κ1) is 12.8. The number of hydrogen-bond donors (Lipinski definition) is 0. The number of hydrogen-bond acceptors (Lipinski definition) is 2. The van der Waals surface area contributed by atoms with Crippen molar-refractivity contribution in [2.24, 2.45) is 0 Å². The van der Waals surface area contributed by atoms with Crippen molar-refractivity contribution in [1.82, 2.24) is 0 Å². The van der Waals surface area contributed by atoms with Crippen molar-refractivity contribution in [3.8, 4) is 6.07 Å². The summed E-state index contributed by atoms with van der Waals surface area (Å²) in [6.45, 7) is 0. The summed E-state index contributed by atoms with van der Waals surface area (Å²) in [5.41, 5.74) is 0.345. The highest BCUT2D eigenvalue weighted by atomic mass is 35.5. The fourth-order valence-corrected chi connectivity index (χ4v) is 2.10. The van der Waals surface area contributed by atoms with Gasteiger partial charge in [0.25, 0.3) is 0 Å². The second-order valence-electron chi connectivity index (χ2n) is 2.93. The monoisotopic (exact) mass is 269 g/mol. The van der Waals surface area contributed by atoms with Gasteiger partial charge in [-0.05, 0) is 11.6 Å². The van der Waals surface area contributed by atoms with Gasteiger partial charge in [-0.25, -0.2) is 4.39 Å². The van der Waals surface area contributed by atoms with Gasteiger partial charge in [0.15, 0.2) is 5.06 Å². The Morgan fingerprint density at radius 1 is 1.73 bits per heavy atom. The number of alkyl halides is 2. The van der Waals surface area contributed by atoms with Crippen LogP contribution >= 0.6 is 34.8 Å². The van der Waals surface area contributed by atoms with E-state index in [0.717, 1.165) is 6.08 Å². The highest BCUT2D eigenvalue weighted by molar-refractivity contribution is 6.43. The maximum absolute atomic E-state index is 13.3. The number of nitriles is 1. The Balaban J connectivity index is 3.19. The first-order chi connectivity index (χ1) is 6.97. The van der Waals surface area contributed by atoms with E-state index in [1.165, 1.54) is 7.11 Å². The molecule has 0 spiro atoms. The van der Waals surface area contributed by atoms with Crippen LogP contribution in [0.1, 0.15) is 6.42 Å². The van der Waals surface area contributed by atoms with Crippen LogP contribution in [-0.4, -0.2) is 17.5 Å². The molecule has 0 saturated heterocycles. The lowest BCUT2D eigenvalue weighted by Gasteiger charge is -2.33. The molecule has 0 radical (unpaired) electrons. The number of rotatable bonds is 2. The molecule has 82 valence electrons. The van der Waals surface area contributed by atoms with Gasteiger partial charge in [-0.15, -0.1) is 11.6 Å².